The van der Waals surface area contributed by atoms with Crippen LogP contribution in [-0.4, -0.2) is 25.3 Å². The molecule has 1 aliphatic rings. The van der Waals surface area contributed by atoms with E-state index in [0.29, 0.717) is 12.1 Å². The first kappa shape index (κ1) is 14.4. The summed E-state index contributed by atoms with van der Waals surface area (Å²) < 4.78 is 0. The number of benzene rings is 1. The largest absolute Gasteiger partial charge is 1.00 e. The fourth-order valence-electron chi connectivity index (χ4n) is 1.65. The monoisotopic (exact) mass is 265 g/mol. The molecule has 1 atom stereocenters. The van der Waals surface area contributed by atoms with E-state index in [-0.39, 0.29) is 18.3 Å². The lowest BCUT2D eigenvalue weighted by Gasteiger charge is -2.07. The van der Waals surface area contributed by atoms with Crippen molar-refractivity contribution in [3.8, 4) is 0 Å². The number of quaternary nitrogens is 1. The molecule has 18 heavy (non-hydrogen) atoms. The molecule has 96 valence electrons. The molecule has 1 amide bonds. The zero-order chi connectivity index (χ0) is 11.9. The molecule has 1 heterocycles. The number of hydrogen-bond donors (Lipinski definition) is 2. The Morgan fingerprint density at radius 2 is 2.06 bits per heavy atom. The van der Waals surface area contributed by atoms with Crippen LogP contribution in [0.3, 0.4) is 0 Å². The van der Waals surface area contributed by atoms with Gasteiger partial charge in [-0.25, -0.2) is 4.99 Å². The van der Waals surface area contributed by atoms with Crippen molar-refractivity contribution in [2.24, 2.45) is 4.99 Å². The van der Waals surface area contributed by atoms with Crippen molar-refractivity contribution in [1.82, 2.24) is 5.32 Å². The summed E-state index contributed by atoms with van der Waals surface area (Å²) in [6.45, 7) is 1.65. The molecule has 1 unspecified atom stereocenters. The van der Waals surface area contributed by atoms with E-state index in [9.17, 15) is 4.79 Å². The van der Waals surface area contributed by atoms with Gasteiger partial charge in [-0.3, -0.25) is 9.69 Å². The lowest BCUT2D eigenvalue weighted by atomic mass is 10.2. The summed E-state index contributed by atoms with van der Waals surface area (Å²) >= 11 is 0. The topological polar surface area (TPSA) is 45.9 Å². The highest BCUT2D eigenvalue weighted by atomic mass is 35.5. The molecule has 0 bridgehead atoms. The van der Waals surface area contributed by atoms with Gasteiger partial charge in [0.2, 0.25) is 0 Å². The third-order valence-electron chi connectivity index (χ3n) is 2.58. The third kappa shape index (κ3) is 4.31. The van der Waals surface area contributed by atoms with E-state index in [1.165, 1.54) is 4.90 Å². The molecule has 0 aliphatic carbocycles. The highest BCUT2D eigenvalue weighted by Gasteiger charge is 2.06. The summed E-state index contributed by atoms with van der Waals surface area (Å²) in [4.78, 5) is 16.9. The standard InChI is InChI=1S/C13H15N3O.ClH/c17-13(12-5-2-1-3-6-12)15-7-4-9-16-10-8-14-11-16;/h1-3,5-6,8,10-11H,4,7,9H2,(H,15,17);1H. The lowest BCUT2D eigenvalue weighted by Crippen LogP contribution is -3.05. The van der Waals surface area contributed by atoms with Crippen molar-refractivity contribution in [3.05, 3.63) is 48.3 Å². The molecule has 0 saturated heterocycles. The smallest absolute Gasteiger partial charge is 0.251 e. The number of rotatable bonds is 5. The SMILES string of the molecule is O=C(NCCC[NH+]1C=CN=C1)c1ccccc1.[Cl-]. The van der Waals surface area contributed by atoms with E-state index < -0.39 is 0 Å². The quantitative estimate of drug-likeness (QED) is 0.556. The molecule has 0 saturated carbocycles. The molecule has 1 aliphatic heterocycles. The van der Waals surface area contributed by atoms with Crippen LogP contribution in [0.15, 0.2) is 47.7 Å². The van der Waals surface area contributed by atoms with E-state index in [4.69, 9.17) is 0 Å². The number of amides is 1. The second-order valence-corrected chi connectivity index (χ2v) is 3.89. The summed E-state index contributed by atoms with van der Waals surface area (Å²) in [6, 6.07) is 9.27. The lowest BCUT2D eigenvalue weighted by molar-refractivity contribution is -0.736. The van der Waals surface area contributed by atoms with Gasteiger partial charge in [-0.1, -0.05) is 18.2 Å². The Morgan fingerprint density at radius 3 is 2.72 bits per heavy atom. The summed E-state index contributed by atoms with van der Waals surface area (Å²) in [5.41, 5.74) is 0.711. The fourth-order valence-corrected chi connectivity index (χ4v) is 1.65. The van der Waals surface area contributed by atoms with E-state index in [2.05, 4.69) is 10.3 Å². The van der Waals surface area contributed by atoms with Gasteiger partial charge in [0.15, 0.2) is 6.34 Å². The Morgan fingerprint density at radius 1 is 1.28 bits per heavy atom. The van der Waals surface area contributed by atoms with Gasteiger partial charge in [0.1, 0.15) is 6.20 Å². The van der Waals surface area contributed by atoms with Gasteiger partial charge in [-0.15, -0.1) is 0 Å². The number of nitrogens with one attached hydrogen (secondary N) is 2. The van der Waals surface area contributed by atoms with E-state index in [1.807, 2.05) is 42.9 Å². The zero-order valence-corrected chi connectivity index (χ0v) is 10.7. The Hall–Kier alpha value is -1.65. The van der Waals surface area contributed by atoms with Crippen LogP contribution in [0.1, 0.15) is 16.8 Å². The van der Waals surface area contributed by atoms with E-state index in [1.54, 1.807) is 6.20 Å². The molecular formula is C13H16ClN3O. The first-order chi connectivity index (χ1) is 8.36. The second-order valence-electron chi connectivity index (χ2n) is 3.89. The van der Waals surface area contributed by atoms with E-state index >= 15 is 0 Å². The van der Waals surface area contributed by atoms with Crippen molar-refractivity contribution >= 4 is 12.2 Å². The molecule has 4 nitrogen and oxygen atoms in total. The van der Waals surface area contributed by atoms with Crippen LogP contribution < -0.4 is 22.6 Å². The Labute approximate surface area is 113 Å². The molecule has 1 aromatic carbocycles. The molecule has 0 radical (unpaired) electrons. The van der Waals surface area contributed by atoms with Gasteiger partial charge >= 0.3 is 0 Å². The van der Waals surface area contributed by atoms with Crippen molar-refractivity contribution < 1.29 is 22.1 Å². The van der Waals surface area contributed by atoms with Crippen LogP contribution in [0, 0.1) is 0 Å². The summed E-state index contributed by atoms with van der Waals surface area (Å²) in [5, 5.41) is 2.90. The number of carbonyl (C=O) groups excluding carboxylic acids is 1. The zero-order valence-electron chi connectivity index (χ0n) is 9.97. The predicted molar refractivity (Wildman–Crippen MR) is 66.9 cm³/mol. The number of nitrogens with zero attached hydrogens (tertiary/aromatic N) is 1. The first-order valence-corrected chi connectivity index (χ1v) is 5.75. The molecule has 5 heteroatoms. The van der Waals surface area contributed by atoms with Gasteiger partial charge in [0, 0.05) is 18.5 Å². The van der Waals surface area contributed by atoms with Crippen molar-refractivity contribution in [3.63, 3.8) is 0 Å². The van der Waals surface area contributed by atoms with Crippen LogP contribution in [0.4, 0.5) is 0 Å². The third-order valence-corrected chi connectivity index (χ3v) is 2.58. The molecule has 2 N–H and O–H groups in total. The van der Waals surface area contributed by atoms with Crippen molar-refractivity contribution in [1.29, 1.82) is 0 Å². The van der Waals surface area contributed by atoms with Crippen LogP contribution in [0.5, 0.6) is 0 Å². The molecule has 0 fully saturated rings. The predicted octanol–water partition coefficient (Wildman–Crippen LogP) is -2.79. The minimum atomic E-state index is -0.00812. The average Bonchev–Trinajstić information content (AvgIpc) is 2.88. The summed E-state index contributed by atoms with van der Waals surface area (Å²) in [5.74, 6) is -0.00812. The van der Waals surface area contributed by atoms with Gasteiger partial charge in [0.25, 0.3) is 5.91 Å². The maximum Gasteiger partial charge on any atom is 0.251 e. The molecule has 1 aromatic rings. The van der Waals surface area contributed by atoms with E-state index in [0.717, 1.165) is 13.0 Å². The molecule has 2 rings (SSSR count). The summed E-state index contributed by atoms with van der Waals surface area (Å²) in [7, 11) is 0. The maximum absolute atomic E-state index is 11.7. The van der Waals surface area contributed by atoms with Gasteiger partial charge < -0.3 is 17.7 Å². The van der Waals surface area contributed by atoms with Crippen LogP contribution in [0.25, 0.3) is 0 Å². The van der Waals surface area contributed by atoms with Gasteiger partial charge in [0.05, 0.1) is 12.7 Å². The highest BCUT2D eigenvalue weighted by Crippen LogP contribution is 1.97. The number of carbonyl (C=O) groups is 1. The van der Waals surface area contributed by atoms with Crippen molar-refractivity contribution in [2.45, 2.75) is 6.42 Å². The van der Waals surface area contributed by atoms with Crippen LogP contribution in [-0.2, 0) is 0 Å². The number of aliphatic imine (C=N–C) groups is 1. The van der Waals surface area contributed by atoms with Crippen molar-refractivity contribution in [2.75, 3.05) is 13.1 Å². The first-order valence-electron chi connectivity index (χ1n) is 5.75. The average molecular weight is 266 g/mol. The highest BCUT2D eigenvalue weighted by molar-refractivity contribution is 5.94. The molecule has 0 aromatic heterocycles. The maximum atomic E-state index is 11.7. The summed E-state index contributed by atoms with van der Waals surface area (Å²) in [6.07, 6.45) is 6.58. The van der Waals surface area contributed by atoms with Gasteiger partial charge in [-0.05, 0) is 12.1 Å². The Balaban J connectivity index is 0.00000162. The second kappa shape index (κ2) is 7.63. The number of hydrogen-bond acceptors (Lipinski definition) is 2. The normalized spacial score (nSPS) is 16.3. The number of halogens is 1. The van der Waals surface area contributed by atoms with Gasteiger partial charge in [-0.2, -0.15) is 0 Å². The Bertz CT molecular complexity index is 419. The van der Waals surface area contributed by atoms with Crippen LogP contribution >= 0.6 is 0 Å². The Kier molecular flexibility index (Phi) is 6.11. The minimum absolute atomic E-state index is 0. The minimum Gasteiger partial charge on any atom is -1.00 e. The molecular weight excluding hydrogens is 250 g/mol. The fraction of sp³-hybridized carbons (Fsp3) is 0.231. The molecule has 0 spiro atoms. The van der Waals surface area contributed by atoms with Crippen LogP contribution in [0.2, 0.25) is 0 Å².